The highest BCUT2D eigenvalue weighted by atomic mass is 16.4. The number of carboxylic acids is 1. The lowest BCUT2D eigenvalue weighted by molar-refractivity contribution is 0.0696. The molecule has 11 heavy (non-hydrogen) atoms. The second kappa shape index (κ2) is 3.19. The average Bonchev–Trinajstić information content (AvgIpc) is 2.04. The van der Waals surface area contributed by atoms with Gasteiger partial charge in [-0.05, 0) is 11.6 Å². The molecule has 1 aromatic carbocycles. The Hall–Kier alpha value is -1.31. The van der Waals surface area contributed by atoms with Crippen molar-refractivity contribution in [2.24, 2.45) is 0 Å². The second-order valence-corrected chi connectivity index (χ2v) is 2.10. The standard InChI is InChI=1S/C9H8O2/c1-2-7-5-3-4-6-8(7)9(10)11/h3-6H,1H3,(H,10,11). The molecule has 0 atom stereocenters. The maximum atomic E-state index is 10.5. The molecule has 2 radical (unpaired) electrons. The van der Waals surface area contributed by atoms with Gasteiger partial charge < -0.3 is 5.11 Å². The molecule has 1 N–H and O–H groups in total. The normalized spacial score (nSPS) is 9.55. The number of hydrogen-bond donors (Lipinski definition) is 1. The lowest BCUT2D eigenvalue weighted by Gasteiger charge is -1.99. The molecule has 0 heterocycles. The zero-order valence-electron chi connectivity index (χ0n) is 6.16. The molecule has 1 rings (SSSR count). The SMILES string of the molecule is C[C]c1ccccc1C(=O)O. The molecule has 0 aliphatic heterocycles. The number of aromatic carboxylic acids is 1. The molecule has 0 spiro atoms. The van der Waals surface area contributed by atoms with Gasteiger partial charge in [0.15, 0.2) is 0 Å². The van der Waals surface area contributed by atoms with Crippen molar-refractivity contribution < 1.29 is 9.90 Å². The van der Waals surface area contributed by atoms with Crippen molar-refractivity contribution in [1.82, 2.24) is 0 Å². The van der Waals surface area contributed by atoms with Gasteiger partial charge in [0.05, 0.1) is 5.56 Å². The molecule has 1 aromatic rings. The summed E-state index contributed by atoms with van der Waals surface area (Å²) in [5.41, 5.74) is 0.940. The quantitative estimate of drug-likeness (QED) is 0.694. The van der Waals surface area contributed by atoms with E-state index in [4.69, 9.17) is 5.11 Å². The van der Waals surface area contributed by atoms with Crippen LogP contribution in [0.25, 0.3) is 0 Å². The fourth-order valence-electron chi connectivity index (χ4n) is 0.888. The van der Waals surface area contributed by atoms with Gasteiger partial charge in [-0.15, -0.1) is 0 Å². The molecule has 2 nitrogen and oxygen atoms in total. The van der Waals surface area contributed by atoms with E-state index in [0.717, 1.165) is 0 Å². The van der Waals surface area contributed by atoms with E-state index in [0.29, 0.717) is 11.1 Å². The molecule has 0 aromatic heterocycles. The van der Waals surface area contributed by atoms with Gasteiger partial charge in [-0.1, -0.05) is 25.1 Å². The van der Waals surface area contributed by atoms with Gasteiger partial charge >= 0.3 is 5.97 Å². The summed E-state index contributed by atoms with van der Waals surface area (Å²) in [6.07, 6.45) is 2.80. The second-order valence-electron chi connectivity index (χ2n) is 2.10. The predicted octanol–water partition coefficient (Wildman–Crippen LogP) is 1.83. The van der Waals surface area contributed by atoms with E-state index in [1.807, 2.05) is 0 Å². The van der Waals surface area contributed by atoms with Crippen LogP contribution in [-0.4, -0.2) is 11.1 Å². The van der Waals surface area contributed by atoms with E-state index in [-0.39, 0.29) is 0 Å². The minimum atomic E-state index is -0.907. The van der Waals surface area contributed by atoms with Crippen molar-refractivity contribution in [3.8, 4) is 0 Å². The van der Waals surface area contributed by atoms with E-state index in [2.05, 4.69) is 6.42 Å². The highest BCUT2D eigenvalue weighted by Crippen LogP contribution is 2.09. The third kappa shape index (κ3) is 1.58. The summed E-state index contributed by atoms with van der Waals surface area (Å²) in [7, 11) is 0. The average molecular weight is 148 g/mol. The van der Waals surface area contributed by atoms with Crippen molar-refractivity contribution in [2.75, 3.05) is 0 Å². The molecule has 0 saturated carbocycles. The van der Waals surface area contributed by atoms with Gasteiger partial charge in [-0.25, -0.2) is 4.79 Å². The highest BCUT2D eigenvalue weighted by Gasteiger charge is 2.05. The lowest BCUT2D eigenvalue weighted by atomic mass is 10.1. The molecule has 0 aliphatic carbocycles. The number of hydrogen-bond acceptors (Lipinski definition) is 1. The van der Waals surface area contributed by atoms with Gasteiger partial charge in [-0.2, -0.15) is 0 Å². The first-order chi connectivity index (χ1) is 5.25. The minimum absolute atomic E-state index is 0.301. The van der Waals surface area contributed by atoms with Crippen LogP contribution in [0, 0.1) is 6.42 Å². The van der Waals surface area contributed by atoms with E-state index in [1.54, 1.807) is 31.2 Å². The van der Waals surface area contributed by atoms with Gasteiger partial charge in [0.2, 0.25) is 0 Å². The Morgan fingerprint density at radius 1 is 1.45 bits per heavy atom. The largest absolute Gasteiger partial charge is 0.478 e. The third-order valence-electron chi connectivity index (χ3n) is 1.43. The number of carboxylic acid groups (broad SMARTS) is 1. The number of rotatable bonds is 2. The zero-order valence-corrected chi connectivity index (χ0v) is 6.16. The Morgan fingerprint density at radius 2 is 2.09 bits per heavy atom. The van der Waals surface area contributed by atoms with Crippen molar-refractivity contribution in [3.05, 3.63) is 41.8 Å². The summed E-state index contributed by atoms with van der Waals surface area (Å²) < 4.78 is 0. The van der Waals surface area contributed by atoms with Crippen LogP contribution >= 0.6 is 0 Å². The zero-order chi connectivity index (χ0) is 8.27. The molecule has 0 saturated heterocycles. The first-order valence-electron chi connectivity index (χ1n) is 3.26. The summed E-state index contributed by atoms with van der Waals surface area (Å²) in [5.74, 6) is -0.907. The van der Waals surface area contributed by atoms with Crippen molar-refractivity contribution in [3.63, 3.8) is 0 Å². The van der Waals surface area contributed by atoms with Crippen LogP contribution in [-0.2, 0) is 0 Å². The Morgan fingerprint density at radius 3 is 2.55 bits per heavy atom. The first-order valence-corrected chi connectivity index (χ1v) is 3.26. The van der Waals surface area contributed by atoms with Gasteiger partial charge in [0, 0.05) is 6.42 Å². The molecule has 0 aliphatic rings. The van der Waals surface area contributed by atoms with Crippen molar-refractivity contribution in [1.29, 1.82) is 0 Å². The van der Waals surface area contributed by atoms with Gasteiger partial charge in [-0.3, -0.25) is 0 Å². The summed E-state index contributed by atoms with van der Waals surface area (Å²) in [4.78, 5) is 10.5. The van der Waals surface area contributed by atoms with E-state index < -0.39 is 5.97 Å². The summed E-state index contributed by atoms with van der Waals surface area (Å²) in [6, 6.07) is 6.78. The minimum Gasteiger partial charge on any atom is -0.478 e. The molecule has 2 heteroatoms. The molecule has 56 valence electrons. The van der Waals surface area contributed by atoms with Crippen LogP contribution in [0.1, 0.15) is 22.8 Å². The summed E-state index contributed by atoms with van der Waals surface area (Å²) >= 11 is 0. The molecule has 0 fully saturated rings. The molecular weight excluding hydrogens is 140 g/mol. The third-order valence-corrected chi connectivity index (χ3v) is 1.43. The van der Waals surface area contributed by atoms with E-state index >= 15 is 0 Å². The van der Waals surface area contributed by atoms with Gasteiger partial charge in [0.1, 0.15) is 0 Å². The Balaban J connectivity index is 3.12. The summed E-state index contributed by atoms with van der Waals surface area (Å²) in [6.45, 7) is 1.70. The lowest BCUT2D eigenvalue weighted by Crippen LogP contribution is -1.99. The van der Waals surface area contributed by atoms with Crippen LogP contribution < -0.4 is 0 Å². The van der Waals surface area contributed by atoms with Crippen molar-refractivity contribution in [2.45, 2.75) is 6.92 Å². The number of benzene rings is 1. The van der Waals surface area contributed by atoms with Crippen LogP contribution in [0.15, 0.2) is 24.3 Å². The Bertz CT molecular complexity index is 266. The van der Waals surface area contributed by atoms with Crippen LogP contribution in [0.3, 0.4) is 0 Å². The van der Waals surface area contributed by atoms with Crippen LogP contribution in [0.2, 0.25) is 0 Å². The number of carbonyl (C=O) groups is 1. The van der Waals surface area contributed by atoms with E-state index in [1.165, 1.54) is 0 Å². The van der Waals surface area contributed by atoms with Gasteiger partial charge in [0.25, 0.3) is 0 Å². The van der Waals surface area contributed by atoms with E-state index in [9.17, 15) is 4.79 Å². The Labute approximate surface area is 65.5 Å². The van der Waals surface area contributed by atoms with Crippen LogP contribution in [0.4, 0.5) is 0 Å². The molecule has 0 bridgehead atoms. The highest BCUT2D eigenvalue weighted by molar-refractivity contribution is 5.89. The topological polar surface area (TPSA) is 37.3 Å². The first kappa shape index (κ1) is 7.79. The maximum Gasteiger partial charge on any atom is 0.335 e. The predicted molar refractivity (Wildman–Crippen MR) is 41.4 cm³/mol. The van der Waals surface area contributed by atoms with Crippen molar-refractivity contribution >= 4 is 5.97 Å². The summed E-state index contributed by atoms with van der Waals surface area (Å²) in [5, 5.41) is 8.66. The van der Waals surface area contributed by atoms with Crippen LogP contribution in [0.5, 0.6) is 0 Å². The Kier molecular flexibility index (Phi) is 2.26. The molecule has 0 unspecified atom stereocenters. The fraction of sp³-hybridized carbons (Fsp3) is 0.111. The maximum absolute atomic E-state index is 10.5. The molecule has 0 amide bonds. The molecular formula is C9H8O2. The fourth-order valence-corrected chi connectivity index (χ4v) is 0.888. The smallest absolute Gasteiger partial charge is 0.335 e. The monoisotopic (exact) mass is 148 g/mol.